The Balaban J connectivity index is 2.06. The Morgan fingerprint density at radius 1 is 1.10 bits per heavy atom. The second kappa shape index (κ2) is 7.84. The SMILES string of the molecule is CCCNCCc1c(C)nc(Cc2cccnc2)nc1C. The smallest absolute Gasteiger partial charge is 0.133 e. The van der Waals surface area contributed by atoms with Gasteiger partial charge >= 0.3 is 0 Å². The van der Waals surface area contributed by atoms with Crippen molar-refractivity contribution < 1.29 is 0 Å². The van der Waals surface area contributed by atoms with Crippen molar-refractivity contribution in [1.29, 1.82) is 0 Å². The van der Waals surface area contributed by atoms with Crippen molar-refractivity contribution in [2.45, 2.75) is 40.0 Å². The normalized spacial score (nSPS) is 10.8. The van der Waals surface area contributed by atoms with Gasteiger partial charge in [-0.25, -0.2) is 9.97 Å². The summed E-state index contributed by atoms with van der Waals surface area (Å²) in [4.78, 5) is 13.5. The number of nitrogens with zero attached hydrogens (tertiary/aromatic N) is 3. The van der Waals surface area contributed by atoms with Crippen LogP contribution in [-0.2, 0) is 12.8 Å². The number of aromatic nitrogens is 3. The van der Waals surface area contributed by atoms with E-state index in [1.165, 1.54) is 12.0 Å². The van der Waals surface area contributed by atoms with Crippen molar-refractivity contribution in [1.82, 2.24) is 20.3 Å². The second-order valence-corrected chi connectivity index (χ2v) is 5.33. The Morgan fingerprint density at radius 2 is 1.86 bits per heavy atom. The molecule has 2 rings (SSSR count). The summed E-state index contributed by atoms with van der Waals surface area (Å²) < 4.78 is 0. The van der Waals surface area contributed by atoms with E-state index in [2.05, 4.69) is 47.1 Å². The zero-order valence-corrected chi connectivity index (χ0v) is 13.2. The molecule has 2 aromatic rings. The van der Waals surface area contributed by atoms with E-state index in [0.717, 1.165) is 48.7 Å². The maximum absolute atomic E-state index is 4.66. The van der Waals surface area contributed by atoms with Crippen LogP contribution >= 0.6 is 0 Å². The molecular formula is C17H24N4. The zero-order valence-electron chi connectivity index (χ0n) is 13.2. The molecule has 2 heterocycles. The largest absolute Gasteiger partial charge is 0.316 e. The second-order valence-electron chi connectivity index (χ2n) is 5.33. The fourth-order valence-corrected chi connectivity index (χ4v) is 2.45. The molecule has 0 aliphatic heterocycles. The Hall–Kier alpha value is -1.81. The van der Waals surface area contributed by atoms with Crippen molar-refractivity contribution in [3.05, 3.63) is 52.9 Å². The van der Waals surface area contributed by atoms with Crippen molar-refractivity contribution in [3.8, 4) is 0 Å². The van der Waals surface area contributed by atoms with Gasteiger partial charge in [-0.05, 0) is 57.0 Å². The highest BCUT2D eigenvalue weighted by Crippen LogP contribution is 2.13. The van der Waals surface area contributed by atoms with Gasteiger partial charge in [0.15, 0.2) is 0 Å². The van der Waals surface area contributed by atoms with E-state index < -0.39 is 0 Å². The predicted molar refractivity (Wildman–Crippen MR) is 85.4 cm³/mol. The molecule has 0 aliphatic rings. The van der Waals surface area contributed by atoms with Crippen LogP contribution in [0.4, 0.5) is 0 Å². The summed E-state index contributed by atoms with van der Waals surface area (Å²) in [6.45, 7) is 8.39. The number of rotatable bonds is 7. The van der Waals surface area contributed by atoms with Crippen molar-refractivity contribution in [2.24, 2.45) is 0 Å². The van der Waals surface area contributed by atoms with Crippen molar-refractivity contribution >= 4 is 0 Å². The van der Waals surface area contributed by atoms with E-state index in [1.807, 2.05) is 12.3 Å². The van der Waals surface area contributed by atoms with Gasteiger partial charge in [0.05, 0.1) is 0 Å². The Labute approximate surface area is 127 Å². The van der Waals surface area contributed by atoms with E-state index in [9.17, 15) is 0 Å². The molecule has 0 saturated carbocycles. The van der Waals surface area contributed by atoms with E-state index in [0.29, 0.717) is 0 Å². The molecule has 0 unspecified atom stereocenters. The van der Waals surface area contributed by atoms with Gasteiger partial charge in [-0.15, -0.1) is 0 Å². The highest BCUT2D eigenvalue weighted by Gasteiger charge is 2.09. The maximum Gasteiger partial charge on any atom is 0.133 e. The molecule has 0 spiro atoms. The summed E-state index contributed by atoms with van der Waals surface area (Å²) in [5.41, 5.74) is 4.61. The van der Waals surface area contributed by atoms with Gasteiger partial charge in [0.2, 0.25) is 0 Å². The van der Waals surface area contributed by atoms with E-state index in [-0.39, 0.29) is 0 Å². The highest BCUT2D eigenvalue weighted by atomic mass is 14.9. The summed E-state index contributed by atoms with van der Waals surface area (Å²) in [5.74, 6) is 0.878. The van der Waals surface area contributed by atoms with E-state index >= 15 is 0 Å². The summed E-state index contributed by atoms with van der Waals surface area (Å²) >= 11 is 0. The molecule has 112 valence electrons. The third kappa shape index (κ3) is 4.60. The molecule has 4 nitrogen and oxygen atoms in total. The molecule has 0 aliphatic carbocycles. The summed E-state index contributed by atoms with van der Waals surface area (Å²) in [6, 6.07) is 4.01. The first-order chi connectivity index (χ1) is 10.2. The Morgan fingerprint density at radius 3 is 2.48 bits per heavy atom. The fourth-order valence-electron chi connectivity index (χ4n) is 2.45. The quantitative estimate of drug-likeness (QED) is 0.794. The maximum atomic E-state index is 4.66. The van der Waals surface area contributed by atoms with Crippen molar-refractivity contribution in [2.75, 3.05) is 13.1 Å². The van der Waals surface area contributed by atoms with Crippen LogP contribution in [0, 0.1) is 13.8 Å². The van der Waals surface area contributed by atoms with Crippen LogP contribution < -0.4 is 5.32 Å². The molecule has 2 aromatic heterocycles. The molecule has 4 heteroatoms. The standard InChI is InChI=1S/C17H24N4/c1-4-8-18-10-7-16-13(2)20-17(21-14(16)3)11-15-6-5-9-19-12-15/h5-6,9,12,18H,4,7-8,10-11H2,1-3H3. The summed E-state index contributed by atoms with van der Waals surface area (Å²) in [6.07, 6.45) is 6.55. The van der Waals surface area contributed by atoms with Crippen LogP contribution in [0.15, 0.2) is 24.5 Å². The van der Waals surface area contributed by atoms with Crippen molar-refractivity contribution in [3.63, 3.8) is 0 Å². The van der Waals surface area contributed by atoms with Crippen LogP contribution in [0.25, 0.3) is 0 Å². The minimum absolute atomic E-state index is 0.740. The Bertz CT molecular complexity index is 543. The van der Waals surface area contributed by atoms with Gasteiger partial charge in [-0.2, -0.15) is 0 Å². The minimum Gasteiger partial charge on any atom is -0.316 e. The number of hydrogen-bond donors (Lipinski definition) is 1. The summed E-state index contributed by atoms with van der Waals surface area (Å²) in [5, 5.41) is 3.43. The third-order valence-corrected chi connectivity index (χ3v) is 3.53. The molecule has 0 bridgehead atoms. The van der Waals surface area contributed by atoms with Gasteiger partial charge in [-0.3, -0.25) is 4.98 Å². The fraction of sp³-hybridized carbons (Fsp3) is 0.471. The molecule has 0 fully saturated rings. The van der Waals surface area contributed by atoms with E-state index in [1.54, 1.807) is 6.20 Å². The number of pyridine rings is 1. The lowest BCUT2D eigenvalue weighted by molar-refractivity contribution is 0.665. The monoisotopic (exact) mass is 284 g/mol. The number of nitrogens with one attached hydrogen (secondary N) is 1. The average molecular weight is 284 g/mol. The van der Waals surface area contributed by atoms with E-state index in [4.69, 9.17) is 0 Å². The molecule has 0 amide bonds. The third-order valence-electron chi connectivity index (χ3n) is 3.53. The minimum atomic E-state index is 0.740. The lowest BCUT2D eigenvalue weighted by atomic mass is 10.1. The molecule has 0 radical (unpaired) electrons. The molecule has 1 N–H and O–H groups in total. The summed E-state index contributed by atoms with van der Waals surface area (Å²) in [7, 11) is 0. The number of aryl methyl sites for hydroxylation is 2. The van der Waals surface area contributed by atoms with Crippen LogP contribution in [-0.4, -0.2) is 28.0 Å². The van der Waals surface area contributed by atoms with Gasteiger partial charge in [0.25, 0.3) is 0 Å². The van der Waals surface area contributed by atoms with Crippen LogP contribution in [0.5, 0.6) is 0 Å². The van der Waals surface area contributed by atoms with Crippen LogP contribution in [0.3, 0.4) is 0 Å². The number of hydrogen-bond acceptors (Lipinski definition) is 4. The first-order valence-corrected chi connectivity index (χ1v) is 7.63. The first kappa shape index (κ1) is 15.6. The molecule has 0 atom stereocenters. The van der Waals surface area contributed by atoms with Gasteiger partial charge in [0.1, 0.15) is 5.82 Å². The zero-order chi connectivity index (χ0) is 15.1. The lowest BCUT2D eigenvalue weighted by Crippen LogP contribution is -2.19. The Kier molecular flexibility index (Phi) is 5.81. The molecule has 0 saturated heterocycles. The van der Waals surface area contributed by atoms with Gasteiger partial charge in [-0.1, -0.05) is 13.0 Å². The topological polar surface area (TPSA) is 50.7 Å². The van der Waals surface area contributed by atoms with Crippen LogP contribution in [0.2, 0.25) is 0 Å². The van der Waals surface area contributed by atoms with Gasteiger partial charge in [0, 0.05) is 30.2 Å². The van der Waals surface area contributed by atoms with Gasteiger partial charge < -0.3 is 5.32 Å². The predicted octanol–water partition coefficient (Wildman–Crippen LogP) is 2.62. The molecular weight excluding hydrogens is 260 g/mol. The highest BCUT2D eigenvalue weighted by molar-refractivity contribution is 5.26. The molecule has 21 heavy (non-hydrogen) atoms. The molecule has 0 aromatic carbocycles. The average Bonchev–Trinajstić information content (AvgIpc) is 2.47. The first-order valence-electron chi connectivity index (χ1n) is 7.63. The lowest BCUT2D eigenvalue weighted by Gasteiger charge is -2.11. The van der Waals surface area contributed by atoms with Crippen LogP contribution in [0.1, 0.15) is 41.7 Å².